The summed E-state index contributed by atoms with van der Waals surface area (Å²) in [5.74, 6) is 0. The summed E-state index contributed by atoms with van der Waals surface area (Å²) in [6.07, 6.45) is 28.4. The zero-order valence-electron chi connectivity index (χ0n) is 24.9. The van der Waals surface area contributed by atoms with Gasteiger partial charge < -0.3 is 5.32 Å². The van der Waals surface area contributed by atoms with Crippen molar-refractivity contribution in [3.05, 3.63) is 59.2 Å². The summed E-state index contributed by atoms with van der Waals surface area (Å²) in [5.41, 5.74) is 7.52. The second-order valence-electron chi connectivity index (χ2n) is 11.3. The molecule has 0 bridgehead atoms. The molecule has 1 N–H and O–H groups in total. The number of unbranched alkanes of at least 4 members (excludes halogenated alkanes) is 15. The van der Waals surface area contributed by atoms with Gasteiger partial charge in [-0.05, 0) is 73.4 Å². The minimum Gasteiger partial charge on any atom is -0.355 e. The number of rotatable bonds is 23. The summed E-state index contributed by atoms with van der Waals surface area (Å²) in [6.45, 7) is 6.94. The van der Waals surface area contributed by atoms with E-state index >= 15 is 0 Å². The first kappa shape index (κ1) is 31.5. The van der Waals surface area contributed by atoms with Crippen molar-refractivity contribution in [1.82, 2.24) is 0 Å². The minimum absolute atomic E-state index is 1.21. The molecule has 208 valence electrons. The number of aryl methyl sites for hydroxylation is 1. The molecule has 37 heavy (non-hydrogen) atoms. The highest BCUT2D eigenvalue weighted by Crippen LogP contribution is 2.31. The lowest BCUT2D eigenvalue weighted by atomic mass is 9.88. The van der Waals surface area contributed by atoms with Crippen LogP contribution in [0.25, 0.3) is 0 Å². The highest BCUT2D eigenvalue weighted by molar-refractivity contribution is 5.66. The van der Waals surface area contributed by atoms with Crippen LogP contribution in [0.15, 0.2) is 42.5 Å². The van der Waals surface area contributed by atoms with E-state index in [0.29, 0.717) is 0 Å². The summed E-state index contributed by atoms with van der Waals surface area (Å²) in [6, 6.07) is 15.7. The van der Waals surface area contributed by atoms with Crippen LogP contribution in [-0.2, 0) is 19.3 Å². The van der Waals surface area contributed by atoms with Crippen LogP contribution in [-0.4, -0.2) is 0 Å². The van der Waals surface area contributed by atoms with Gasteiger partial charge in [0.05, 0.1) is 0 Å². The Morgan fingerprint density at radius 2 is 0.892 bits per heavy atom. The molecular weight excluding hydrogens is 446 g/mol. The maximum Gasteiger partial charge on any atom is 0.0419 e. The van der Waals surface area contributed by atoms with Crippen LogP contribution in [0.5, 0.6) is 0 Å². The van der Waals surface area contributed by atoms with Gasteiger partial charge in [-0.1, -0.05) is 141 Å². The van der Waals surface area contributed by atoms with E-state index < -0.39 is 0 Å². The Labute approximate surface area is 231 Å². The Hall–Kier alpha value is -1.76. The molecule has 1 heteroatoms. The summed E-state index contributed by atoms with van der Waals surface area (Å²) in [4.78, 5) is 0. The van der Waals surface area contributed by atoms with E-state index in [0.717, 1.165) is 0 Å². The third kappa shape index (κ3) is 13.6. The van der Waals surface area contributed by atoms with Crippen molar-refractivity contribution >= 4 is 11.4 Å². The predicted octanol–water partition coefficient (Wildman–Crippen LogP) is 12.1. The average molecular weight is 506 g/mol. The lowest BCUT2D eigenvalue weighted by molar-refractivity contribution is 0.593. The fourth-order valence-electron chi connectivity index (χ4n) is 5.63. The van der Waals surface area contributed by atoms with Crippen LogP contribution in [0.2, 0.25) is 0 Å². The van der Waals surface area contributed by atoms with E-state index in [1.807, 2.05) is 0 Å². The van der Waals surface area contributed by atoms with Crippen LogP contribution in [0.1, 0.15) is 153 Å². The van der Waals surface area contributed by atoms with Crippen molar-refractivity contribution in [1.29, 1.82) is 0 Å². The fourth-order valence-corrected chi connectivity index (χ4v) is 5.63. The molecule has 1 nitrogen and oxygen atoms in total. The van der Waals surface area contributed by atoms with E-state index in [-0.39, 0.29) is 0 Å². The molecule has 0 fully saturated rings. The third-order valence-electron chi connectivity index (χ3n) is 7.94. The van der Waals surface area contributed by atoms with Crippen LogP contribution >= 0.6 is 0 Å². The van der Waals surface area contributed by atoms with Crippen LogP contribution < -0.4 is 5.32 Å². The largest absolute Gasteiger partial charge is 0.355 e. The molecule has 0 aliphatic rings. The summed E-state index contributed by atoms with van der Waals surface area (Å²) < 4.78 is 0. The predicted molar refractivity (Wildman–Crippen MR) is 167 cm³/mol. The molecule has 0 aliphatic heterocycles. The van der Waals surface area contributed by atoms with Gasteiger partial charge in [0.1, 0.15) is 0 Å². The molecule has 0 heterocycles. The molecule has 2 aromatic rings. The van der Waals surface area contributed by atoms with E-state index in [9.17, 15) is 0 Å². The SMILES string of the molecule is CCCCCCCCc1ccc(Nc2ccccc2)c(CCCCCCCC)c1CCCCCCCC. The van der Waals surface area contributed by atoms with Gasteiger partial charge >= 0.3 is 0 Å². The van der Waals surface area contributed by atoms with Crippen molar-refractivity contribution in [2.24, 2.45) is 0 Å². The molecule has 0 unspecified atom stereocenters. The first-order valence-electron chi connectivity index (χ1n) is 16.3. The molecule has 2 aromatic carbocycles. The quantitative estimate of drug-likeness (QED) is 0.148. The highest BCUT2D eigenvalue weighted by atomic mass is 14.9. The monoisotopic (exact) mass is 505 g/mol. The smallest absolute Gasteiger partial charge is 0.0419 e. The maximum atomic E-state index is 3.81. The molecule has 2 rings (SSSR count). The Kier molecular flexibility index (Phi) is 18.0. The van der Waals surface area contributed by atoms with Crippen molar-refractivity contribution in [3.8, 4) is 0 Å². The normalized spacial score (nSPS) is 11.2. The first-order chi connectivity index (χ1) is 18.3. The fraction of sp³-hybridized carbons (Fsp3) is 0.667. The maximum absolute atomic E-state index is 3.81. The van der Waals surface area contributed by atoms with Crippen LogP contribution in [0, 0.1) is 0 Å². The van der Waals surface area contributed by atoms with Gasteiger partial charge in [0.2, 0.25) is 0 Å². The number of para-hydroxylation sites is 1. The Balaban J connectivity index is 2.17. The lowest BCUT2D eigenvalue weighted by Gasteiger charge is -2.21. The van der Waals surface area contributed by atoms with E-state index in [4.69, 9.17) is 0 Å². The zero-order chi connectivity index (χ0) is 26.4. The summed E-state index contributed by atoms with van der Waals surface area (Å²) in [7, 11) is 0. The summed E-state index contributed by atoms with van der Waals surface area (Å²) >= 11 is 0. The van der Waals surface area contributed by atoms with Gasteiger partial charge in [-0.2, -0.15) is 0 Å². The molecular formula is C36H59N. The molecule has 0 atom stereocenters. The molecule has 0 aliphatic carbocycles. The minimum atomic E-state index is 1.21. The Morgan fingerprint density at radius 3 is 1.43 bits per heavy atom. The molecule has 0 saturated carbocycles. The Bertz CT molecular complexity index is 794. The number of hydrogen-bond acceptors (Lipinski definition) is 1. The molecule has 0 amide bonds. The van der Waals surface area contributed by atoms with Crippen molar-refractivity contribution in [2.45, 2.75) is 156 Å². The van der Waals surface area contributed by atoms with E-state index in [2.05, 4.69) is 68.6 Å². The van der Waals surface area contributed by atoms with Crippen molar-refractivity contribution in [2.75, 3.05) is 5.32 Å². The average Bonchev–Trinajstić information content (AvgIpc) is 2.92. The van der Waals surface area contributed by atoms with Gasteiger partial charge in [-0.15, -0.1) is 0 Å². The van der Waals surface area contributed by atoms with E-state index in [1.165, 1.54) is 146 Å². The molecule has 0 aromatic heterocycles. The number of anilines is 2. The van der Waals surface area contributed by atoms with Crippen molar-refractivity contribution < 1.29 is 0 Å². The van der Waals surface area contributed by atoms with Gasteiger partial charge in [0, 0.05) is 11.4 Å². The molecule has 0 saturated heterocycles. The Morgan fingerprint density at radius 1 is 0.432 bits per heavy atom. The number of hydrogen-bond donors (Lipinski definition) is 1. The third-order valence-corrected chi connectivity index (χ3v) is 7.94. The summed E-state index contributed by atoms with van der Waals surface area (Å²) in [5, 5.41) is 3.81. The van der Waals surface area contributed by atoms with E-state index in [1.54, 1.807) is 16.7 Å². The lowest BCUT2D eigenvalue weighted by Crippen LogP contribution is -2.06. The molecule has 0 spiro atoms. The van der Waals surface area contributed by atoms with Crippen LogP contribution in [0.3, 0.4) is 0 Å². The zero-order valence-corrected chi connectivity index (χ0v) is 24.9. The van der Waals surface area contributed by atoms with Gasteiger partial charge in [-0.25, -0.2) is 0 Å². The second-order valence-corrected chi connectivity index (χ2v) is 11.3. The topological polar surface area (TPSA) is 12.0 Å². The standard InChI is InChI=1S/C36H59N/c1-4-7-10-13-16-20-25-32-30-31-36(37-33-26-21-19-22-27-33)35(29-24-18-15-12-9-6-3)34(32)28-23-17-14-11-8-5-2/h19,21-22,26-27,30-31,37H,4-18,20,23-25,28-29H2,1-3H3. The van der Waals surface area contributed by atoms with Gasteiger partial charge in [-0.3, -0.25) is 0 Å². The number of benzene rings is 2. The van der Waals surface area contributed by atoms with Crippen LogP contribution in [0.4, 0.5) is 11.4 Å². The first-order valence-corrected chi connectivity index (χ1v) is 16.3. The van der Waals surface area contributed by atoms with Crippen molar-refractivity contribution in [3.63, 3.8) is 0 Å². The van der Waals surface area contributed by atoms with Gasteiger partial charge in [0.25, 0.3) is 0 Å². The van der Waals surface area contributed by atoms with Gasteiger partial charge in [0.15, 0.2) is 0 Å². The molecule has 0 radical (unpaired) electrons. The number of nitrogens with one attached hydrogen (secondary N) is 1. The second kappa shape index (κ2) is 21.2. The highest BCUT2D eigenvalue weighted by Gasteiger charge is 2.14.